The van der Waals surface area contributed by atoms with Gasteiger partial charge in [0.15, 0.2) is 0 Å². The van der Waals surface area contributed by atoms with Crippen LogP contribution in [0.5, 0.6) is 0 Å². The number of epoxide rings is 1. The third kappa shape index (κ3) is 7.75. The largest absolute Gasteiger partial charge is 0.478 e. The molecule has 1 N–H and O–H groups in total. The molecule has 90 valence electrons. The van der Waals surface area contributed by atoms with Crippen molar-refractivity contribution in [2.24, 2.45) is 0 Å². The number of carbonyl (C=O) groups is 2. The molecular weight excluding hydrogens is 212 g/mol. The van der Waals surface area contributed by atoms with E-state index in [1.807, 2.05) is 6.92 Å². The molecule has 0 aromatic rings. The van der Waals surface area contributed by atoms with Crippen LogP contribution in [0.15, 0.2) is 24.8 Å². The minimum absolute atomic E-state index is 0.142. The van der Waals surface area contributed by atoms with E-state index in [9.17, 15) is 9.59 Å². The van der Waals surface area contributed by atoms with E-state index in [0.717, 1.165) is 6.08 Å². The second-order valence-electron chi connectivity index (χ2n) is 3.05. The third-order valence-electron chi connectivity index (χ3n) is 1.69. The van der Waals surface area contributed by atoms with Gasteiger partial charge in [0, 0.05) is 11.6 Å². The van der Waals surface area contributed by atoms with E-state index in [-0.39, 0.29) is 12.1 Å². The zero-order valence-corrected chi connectivity index (χ0v) is 9.27. The zero-order chi connectivity index (χ0) is 12.6. The highest BCUT2D eigenvalue weighted by atomic mass is 16.6. The van der Waals surface area contributed by atoms with Gasteiger partial charge in [-0.15, -0.1) is 0 Å². The number of carbonyl (C=O) groups excluding carboxylic acids is 1. The highest BCUT2D eigenvalue weighted by molar-refractivity contribution is 5.87. The lowest BCUT2D eigenvalue weighted by Gasteiger charge is -2.01. The van der Waals surface area contributed by atoms with Crippen molar-refractivity contribution in [1.82, 2.24) is 0 Å². The Hall–Kier alpha value is -1.62. The summed E-state index contributed by atoms with van der Waals surface area (Å²) in [5, 5.41) is 7.60. The lowest BCUT2D eigenvalue weighted by molar-refractivity contribution is -0.139. The summed E-state index contributed by atoms with van der Waals surface area (Å²) in [7, 11) is 0. The SMILES string of the molecule is C=C(CC)C(=O)OCC1CO1.C=CC(=O)O. The van der Waals surface area contributed by atoms with Crippen LogP contribution in [0, 0.1) is 0 Å². The molecule has 0 saturated carbocycles. The van der Waals surface area contributed by atoms with Gasteiger partial charge in [0.25, 0.3) is 0 Å². The minimum atomic E-state index is -0.981. The Morgan fingerprint density at radius 3 is 2.44 bits per heavy atom. The van der Waals surface area contributed by atoms with Crippen LogP contribution in [-0.2, 0) is 19.1 Å². The molecule has 0 amide bonds. The van der Waals surface area contributed by atoms with Gasteiger partial charge in [-0.3, -0.25) is 0 Å². The van der Waals surface area contributed by atoms with Crippen molar-refractivity contribution in [2.75, 3.05) is 13.2 Å². The van der Waals surface area contributed by atoms with Crippen LogP contribution in [-0.4, -0.2) is 36.4 Å². The highest BCUT2D eigenvalue weighted by Gasteiger charge is 2.24. The van der Waals surface area contributed by atoms with Gasteiger partial charge in [-0.25, -0.2) is 9.59 Å². The van der Waals surface area contributed by atoms with Crippen molar-refractivity contribution in [1.29, 1.82) is 0 Å². The minimum Gasteiger partial charge on any atom is -0.478 e. The molecule has 0 radical (unpaired) electrons. The first-order chi connectivity index (χ1) is 7.51. The first kappa shape index (κ1) is 14.4. The van der Waals surface area contributed by atoms with Gasteiger partial charge in [-0.05, 0) is 6.42 Å². The number of rotatable bonds is 5. The molecule has 0 spiro atoms. The second-order valence-corrected chi connectivity index (χ2v) is 3.05. The molecule has 1 rings (SSSR count). The van der Waals surface area contributed by atoms with Gasteiger partial charge in [-0.2, -0.15) is 0 Å². The maximum absolute atomic E-state index is 10.9. The third-order valence-corrected chi connectivity index (χ3v) is 1.69. The smallest absolute Gasteiger partial charge is 0.333 e. The van der Waals surface area contributed by atoms with Crippen molar-refractivity contribution < 1.29 is 24.2 Å². The van der Waals surface area contributed by atoms with Crippen LogP contribution in [0.2, 0.25) is 0 Å². The van der Waals surface area contributed by atoms with E-state index in [0.29, 0.717) is 25.2 Å². The first-order valence-electron chi connectivity index (χ1n) is 4.83. The van der Waals surface area contributed by atoms with Gasteiger partial charge in [0.05, 0.1) is 6.61 Å². The van der Waals surface area contributed by atoms with Gasteiger partial charge in [0.2, 0.25) is 0 Å². The van der Waals surface area contributed by atoms with Gasteiger partial charge in [0.1, 0.15) is 12.7 Å². The Kier molecular flexibility index (Phi) is 6.87. The van der Waals surface area contributed by atoms with Gasteiger partial charge < -0.3 is 14.6 Å². The topological polar surface area (TPSA) is 76.1 Å². The number of esters is 1. The molecule has 1 atom stereocenters. The highest BCUT2D eigenvalue weighted by Crippen LogP contribution is 2.10. The van der Waals surface area contributed by atoms with Gasteiger partial charge >= 0.3 is 11.9 Å². The standard InChI is InChI=1S/C8H12O3.C3H4O2/c1-3-6(2)8(9)11-5-7-4-10-7;1-2-3(4)5/h7H,2-5H2,1H3;2H,1H2,(H,4,5). The number of carboxylic acids is 1. The van der Waals surface area contributed by atoms with Crippen LogP contribution in [0.3, 0.4) is 0 Å². The number of ether oxygens (including phenoxy) is 2. The predicted molar refractivity (Wildman–Crippen MR) is 58.0 cm³/mol. The fourth-order valence-corrected chi connectivity index (χ4v) is 0.579. The molecule has 5 heteroatoms. The predicted octanol–water partition coefficient (Wildman–Crippen LogP) is 1.15. The van der Waals surface area contributed by atoms with Crippen molar-refractivity contribution in [2.45, 2.75) is 19.4 Å². The van der Waals surface area contributed by atoms with Crippen LogP contribution in [0.25, 0.3) is 0 Å². The molecule has 0 aromatic carbocycles. The number of hydrogen-bond acceptors (Lipinski definition) is 4. The van der Waals surface area contributed by atoms with Crippen LogP contribution < -0.4 is 0 Å². The molecule has 0 bridgehead atoms. The molecule has 16 heavy (non-hydrogen) atoms. The van der Waals surface area contributed by atoms with Crippen molar-refractivity contribution in [3.8, 4) is 0 Å². The maximum Gasteiger partial charge on any atom is 0.333 e. The van der Waals surface area contributed by atoms with Crippen molar-refractivity contribution in [3.63, 3.8) is 0 Å². The summed E-state index contributed by atoms with van der Waals surface area (Å²) in [5.41, 5.74) is 0.519. The number of aliphatic carboxylic acids is 1. The maximum atomic E-state index is 10.9. The summed E-state index contributed by atoms with van der Waals surface area (Å²) in [6.07, 6.45) is 1.62. The van der Waals surface area contributed by atoms with E-state index < -0.39 is 5.97 Å². The monoisotopic (exact) mass is 228 g/mol. The Labute approximate surface area is 94.4 Å². The molecule has 1 aliphatic rings. The molecule has 5 nitrogen and oxygen atoms in total. The summed E-state index contributed by atoms with van der Waals surface area (Å²) >= 11 is 0. The van der Waals surface area contributed by atoms with E-state index >= 15 is 0 Å². The quantitative estimate of drug-likeness (QED) is 0.434. The van der Waals surface area contributed by atoms with Crippen LogP contribution >= 0.6 is 0 Å². The Bertz CT molecular complexity index is 278. The second kappa shape index (κ2) is 7.64. The normalized spacial score (nSPS) is 16.4. The van der Waals surface area contributed by atoms with Crippen molar-refractivity contribution >= 4 is 11.9 Å². The van der Waals surface area contributed by atoms with E-state index in [1.54, 1.807) is 0 Å². The summed E-state index contributed by atoms with van der Waals surface area (Å²) in [5.74, 6) is -1.28. The Balaban J connectivity index is 0.000000385. The molecule has 1 saturated heterocycles. The number of carboxylic acid groups (broad SMARTS) is 1. The lowest BCUT2D eigenvalue weighted by Crippen LogP contribution is -2.10. The zero-order valence-electron chi connectivity index (χ0n) is 9.27. The van der Waals surface area contributed by atoms with Crippen LogP contribution in [0.1, 0.15) is 13.3 Å². The molecule has 0 aromatic heterocycles. The van der Waals surface area contributed by atoms with E-state index in [4.69, 9.17) is 14.6 Å². The first-order valence-corrected chi connectivity index (χ1v) is 4.83. The number of hydrogen-bond donors (Lipinski definition) is 1. The Morgan fingerprint density at radius 2 is 2.12 bits per heavy atom. The van der Waals surface area contributed by atoms with E-state index in [1.165, 1.54) is 0 Å². The molecule has 1 aliphatic heterocycles. The summed E-state index contributed by atoms with van der Waals surface area (Å²) in [6, 6.07) is 0. The molecule has 1 unspecified atom stereocenters. The molecule has 1 fully saturated rings. The molecular formula is C11H16O5. The average molecular weight is 228 g/mol. The summed E-state index contributed by atoms with van der Waals surface area (Å²) in [4.78, 5) is 20.2. The fraction of sp³-hybridized carbons (Fsp3) is 0.455. The lowest BCUT2D eigenvalue weighted by atomic mass is 10.2. The fourth-order valence-electron chi connectivity index (χ4n) is 0.579. The Morgan fingerprint density at radius 1 is 1.62 bits per heavy atom. The summed E-state index contributed by atoms with van der Waals surface area (Å²) in [6.45, 7) is 9.48. The summed E-state index contributed by atoms with van der Waals surface area (Å²) < 4.78 is 9.72. The molecule has 1 heterocycles. The van der Waals surface area contributed by atoms with Crippen molar-refractivity contribution in [3.05, 3.63) is 24.8 Å². The van der Waals surface area contributed by atoms with E-state index in [2.05, 4.69) is 13.2 Å². The van der Waals surface area contributed by atoms with Crippen LogP contribution in [0.4, 0.5) is 0 Å². The average Bonchev–Trinajstić information content (AvgIpc) is 3.09. The van der Waals surface area contributed by atoms with Gasteiger partial charge in [-0.1, -0.05) is 20.1 Å². The molecule has 0 aliphatic carbocycles.